The van der Waals surface area contributed by atoms with Crippen LogP contribution in [0.5, 0.6) is 0 Å². The van der Waals surface area contributed by atoms with Crippen molar-refractivity contribution in [1.82, 2.24) is 10.3 Å². The zero-order valence-corrected chi connectivity index (χ0v) is 14.3. The lowest BCUT2D eigenvalue weighted by molar-refractivity contribution is -0.162. The van der Waals surface area contributed by atoms with Gasteiger partial charge in [-0.15, -0.1) is 0 Å². The van der Waals surface area contributed by atoms with Gasteiger partial charge in [0.1, 0.15) is 11.7 Å². The summed E-state index contributed by atoms with van der Waals surface area (Å²) in [5, 5.41) is 2.43. The second-order valence-electron chi connectivity index (χ2n) is 5.07. The molecule has 0 aliphatic carbocycles. The Labute approximate surface area is 144 Å². The van der Waals surface area contributed by atoms with Crippen LogP contribution in [0.25, 0.3) is 0 Å². The molecule has 0 spiro atoms. The molecule has 0 aliphatic heterocycles. The number of methoxy groups -OCH3 is 3. The van der Waals surface area contributed by atoms with Crippen LogP contribution in [0, 0.1) is 11.8 Å². The Hall–Kier alpha value is -2.97. The van der Waals surface area contributed by atoms with E-state index in [-0.39, 0.29) is 5.69 Å². The van der Waals surface area contributed by atoms with E-state index in [1.54, 1.807) is 12.1 Å². The maximum Gasteiger partial charge on any atom is 0.328 e. The average molecular weight is 352 g/mol. The van der Waals surface area contributed by atoms with Gasteiger partial charge in [-0.3, -0.25) is 19.4 Å². The normalized spacial score (nSPS) is 12.7. The van der Waals surface area contributed by atoms with Crippen molar-refractivity contribution in [2.45, 2.75) is 13.0 Å². The van der Waals surface area contributed by atoms with E-state index in [0.29, 0.717) is 0 Å². The molecule has 1 amide bonds. The van der Waals surface area contributed by atoms with E-state index in [9.17, 15) is 19.2 Å². The number of carbonyl (C=O) groups excluding carboxylic acids is 4. The molecule has 1 heterocycles. The molecular weight excluding hydrogens is 332 g/mol. The van der Waals surface area contributed by atoms with Crippen LogP contribution < -0.4 is 5.32 Å². The molecule has 1 N–H and O–H groups in total. The van der Waals surface area contributed by atoms with Gasteiger partial charge in [-0.1, -0.05) is 13.0 Å². The van der Waals surface area contributed by atoms with Crippen LogP contribution in [-0.4, -0.2) is 56.2 Å². The van der Waals surface area contributed by atoms with Crippen molar-refractivity contribution in [3.63, 3.8) is 0 Å². The van der Waals surface area contributed by atoms with E-state index in [1.165, 1.54) is 19.2 Å². The SMILES string of the molecule is COC(=O)C(C(=O)OC)[C@@H](C)[C@@H](NC(=O)c1ccccn1)C(=O)OC. The molecule has 0 unspecified atom stereocenters. The summed E-state index contributed by atoms with van der Waals surface area (Å²) in [6.45, 7) is 1.43. The fourth-order valence-electron chi connectivity index (χ4n) is 2.22. The first-order valence-electron chi connectivity index (χ1n) is 7.32. The number of carbonyl (C=O) groups is 4. The molecule has 0 bridgehead atoms. The van der Waals surface area contributed by atoms with Crippen LogP contribution in [0.4, 0.5) is 0 Å². The maximum absolute atomic E-state index is 12.3. The standard InChI is InChI=1S/C16H20N2O7/c1-9(11(14(20)23-2)15(21)24-3)12(16(22)25-4)18-13(19)10-7-5-6-8-17-10/h5-9,11-12H,1-4H3,(H,18,19)/t9-,12-/m1/s1. The number of aromatic nitrogens is 1. The van der Waals surface area contributed by atoms with Crippen molar-refractivity contribution in [2.75, 3.05) is 21.3 Å². The summed E-state index contributed by atoms with van der Waals surface area (Å²) < 4.78 is 13.9. The van der Waals surface area contributed by atoms with E-state index in [0.717, 1.165) is 21.3 Å². The zero-order valence-electron chi connectivity index (χ0n) is 14.3. The van der Waals surface area contributed by atoms with Crippen LogP contribution in [0.2, 0.25) is 0 Å². The van der Waals surface area contributed by atoms with Crippen LogP contribution >= 0.6 is 0 Å². The largest absolute Gasteiger partial charge is 0.468 e. The number of hydrogen-bond donors (Lipinski definition) is 1. The Morgan fingerprint density at radius 2 is 1.52 bits per heavy atom. The van der Waals surface area contributed by atoms with Gasteiger partial charge < -0.3 is 19.5 Å². The third kappa shape index (κ3) is 5.00. The van der Waals surface area contributed by atoms with Crippen molar-refractivity contribution >= 4 is 23.8 Å². The van der Waals surface area contributed by atoms with E-state index in [4.69, 9.17) is 0 Å². The van der Waals surface area contributed by atoms with Gasteiger partial charge in [0.15, 0.2) is 5.92 Å². The molecule has 1 rings (SSSR count). The van der Waals surface area contributed by atoms with Crippen molar-refractivity contribution in [3.05, 3.63) is 30.1 Å². The van der Waals surface area contributed by atoms with Crippen LogP contribution in [-0.2, 0) is 28.6 Å². The number of hydrogen-bond acceptors (Lipinski definition) is 8. The predicted molar refractivity (Wildman–Crippen MR) is 84.2 cm³/mol. The van der Waals surface area contributed by atoms with Gasteiger partial charge in [0.25, 0.3) is 5.91 Å². The number of nitrogens with one attached hydrogen (secondary N) is 1. The molecule has 136 valence electrons. The molecule has 1 aromatic heterocycles. The second kappa shape index (κ2) is 9.36. The first-order valence-corrected chi connectivity index (χ1v) is 7.32. The van der Waals surface area contributed by atoms with Gasteiger partial charge in [-0.05, 0) is 12.1 Å². The summed E-state index contributed by atoms with van der Waals surface area (Å²) in [7, 11) is 3.33. The van der Waals surface area contributed by atoms with Crippen molar-refractivity contribution in [2.24, 2.45) is 11.8 Å². The Kier molecular flexibility index (Phi) is 7.51. The smallest absolute Gasteiger partial charge is 0.328 e. The second-order valence-corrected chi connectivity index (χ2v) is 5.07. The Morgan fingerprint density at radius 1 is 0.960 bits per heavy atom. The van der Waals surface area contributed by atoms with Crippen LogP contribution in [0.3, 0.4) is 0 Å². The average Bonchev–Trinajstić information content (AvgIpc) is 2.65. The highest BCUT2D eigenvalue weighted by Crippen LogP contribution is 2.20. The number of nitrogens with zero attached hydrogens (tertiary/aromatic N) is 1. The minimum absolute atomic E-state index is 0.0660. The van der Waals surface area contributed by atoms with Crippen LogP contribution in [0.1, 0.15) is 17.4 Å². The lowest BCUT2D eigenvalue weighted by atomic mass is 9.87. The summed E-state index contributed by atoms with van der Waals surface area (Å²) >= 11 is 0. The van der Waals surface area contributed by atoms with Gasteiger partial charge in [0.2, 0.25) is 0 Å². The topological polar surface area (TPSA) is 121 Å². The van der Waals surface area contributed by atoms with E-state index in [2.05, 4.69) is 24.5 Å². The van der Waals surface area contributed by atoms with Crippen LogP contribution in [0.15, 0.2) is 24.4 Å². The van der Waals surface area contributed by atoms with E-state index >= 15 is 0 Å². The van der Waals surface area contributed by atoms with Gasteiger partial charge in [-0.2, -0.15) is 0 Å². The molecule has 0 aromatic carbocycles. The number of amides is 1. The number of pyridine rings is 1. The summed E-state index contributed by atoms with van der Waals surface area (Å²) in [6.07, 6.45) is 1.41. The van der Waals surface area contributed by atoms with E-state index < -0.39 is 41.7 Å². The highest BCUT2D eigenvalue weighted by atomic mass is 16.5. The van der Waals surface area contributed by atoms with Crippen molar-refractivity contribution in [1.29, 1.82) is 0 Å². The third-order valence-electron chi connectivity index (χ3n) is 3.60. The summed E-state index contributed by atoms with van der Waals surface area (Å²) in [5.74, 6) is -5.66. The zero-order chi connectivity index (χ0) is 19.0. The Balaban J connectivity index is 3.11. The van der Waals surface area contributed by atoms with Crippen molar-refractivity contribution in [3.8, 4) is 0 Å². The fourth-order valence-corrected chi connectivity index (χ4v) is 2.22. The maximum atomic E-state index is 12.3. The first kappa shape index (κ1) is 20.1. The number of rotatable bonds is 7. The van der Waals surface area contributed by atoms with Gasteiger partial charge in [0.05, 0.1) is 21.3 Å². The Bertz CT molecular complexity index is 617. The monoisotopic (exact) mass is 352 g/mol. The first-order chi connectivity index (χ1) is 11.9. The predicted octanol–water partition coefficient (Wildman–Crippen LogP) is -0.0487. The molecule has 0 aliphatic rings. The molecule has 9 nitrogen and oxygen atoms in total. The van der Waals surface area contributed by atoms with Gasteiger partial charge in [-0.25, -0.2) is 4.79 Å². The molecular formula is C16H20N2O7. The van der Waals surface area contributed by atoms with E-state index in [1.807, 2.05) is 0 Å². The lowest BCUT2D eigenvalue weighted by Crippen LogP contribution is -2.51. The molecule has 0 saturated carbocycles. The Morgan fingerprint density at radius 3 is 1.96 bits per heavy atom. The molecule has 25 heavy (non-hydrogen) atoms. The number of ether oxygens (including phenoxy) is 3. The summed E-state index contributed by atoms with van der Waals surface area (Å²) in [6, 6.07) is 3.39. The molecule has 1 aromatic rings. The molecule has 2 atom stereocenters. The quantitative estimate of drug-likeness (QED) is 0.412. The third-order valence-corrected chi connectivity index (χ3v) is 3.60. The number of esters is 3. The van der Waals surface area contributed by atoms with Crippen molar-refractivity contribution < 1.29 is 33.4 Å². The minimum atomic E-state index is -1.41. The van der Waals surface area contributed by atoms with Gasteiger partial charge in [0, 0.05) is 12.1 Å². The molecule has 0 fully saturated rings. The molecule has 0 saturated heterocycles. The molecule has 9 heteroatoms. The fraction of sp³-hybridized carbons (Fsp3) is 0.438. The highest BCUT2D eigenvalue weighted by Gasteiger charge is 2.42. The summed E-state index contributed by atoms with van der Waals surface area (Å²) in [5.41, 5.74) is 0.0660. The minimum Gasteiger partial charge on any atom is -0.468 e. The molecule has 0 radical (unpaired) electrons. The summed E-state index contributed by atoms with van der Waals surface area (Å²) in [4.78, 5) is 52.1. The van der Waals surface area contributed by atoms with Gasteiger partial charge >= 0.3 is 17.9 Å². The lowest BCUT2D eigenvalue weighted by Gasteiger charge is -2.26. The highest BCUT2D eigenvalue weighted by molar-refractivity contribution is 5.98.